The molecule has 120 valence electrons. The summed E-state index contributed by atoms with van der Waals surface area (Å²) in [5, 5.41) is 11.7. The van der Waals surface area contributed by atoms with Crippen molar-refractivity contribution in [3.8, 4) is 0 Å². The molecule has 1 aromatic carbocycles. The first-order valence-electron chi connectivity index (χ1n) is 7.73. The molecule has 1 fully saturated rings. The SMILES string of the molecule is CC(CNC(=O)C1(c2ccc(F)cc2)CCCCC1)C(=O)O. The van der Waals surface area contributed by atoms with Gasteiger partial charge >= 0.3 is 5.97 Å². The topological polar surface area (TPSA) is 66.4 Å². The van der Waals surface area contributed by atoms with E-state index in [2.05, 4.69) is 5.32 Å². The summed E-state index contributed by atoms with van der Waals surface area (Å²) in [5.74, 6) is -2.03. The van der Waals surface area contributed by atoms with Crippen LogP contribution in [0.1, 0.15) is 44.6 Å². The maximum Gasteiger partial charge on any atom is 0.308 e. The number of hydrogen-bond acceptors (Lipinski definition) is 2. The third kappa shape index (κ3) is 3.46. The zero-order valence-electron chi connectivity index (χ0n) is 12.8. The number of carbonyl (C=O) groups is 2. The van der Waals surface area contributed by atoms with Gasteiger partial charge in [-0.25, -0.2) is 4.39 Å². The highest BCUT2D eigenvalue weighted by Crippen LogP contribution is 2.39. The normalized spacial score (nSPS) is 18.5. The van der Waals surface area contributed by atoms with Crippen LogP contribution in [0, 0.1) is 11.7 Å². The van der Waals surface area contributed by atoms with Crippen LogP contribution in [0.15, 0.2) is 24.3 Å². The van der Waals surface area contributed by atoms with Gasteiger partial charge in [0.1, 0.15) is 5.82 Å². The first-order valence-corrected chi connectivity index (χ1v) is 7.73. The van der Waals surface area contributed by atoms with E-state index in [9.17, 15) is 14.0 Å². The molecule has 2 rings (SSSR count). The number of carbonyl (C=O) groups excluding carboxylic acids is 1. The minimum atomic E-state index is -0.931. The number of benzene rings is 1. The lowest BCUT2D eigenvalue weighted by molar-refractivity contribution is -0.141. The second kappa shape index (κ2) is 6.90. The van der Waals surface area contributed by atoms with Gasteiger partial charge in [-0.05, 0) is 30.5 Å². The molecule has 0 spiro atoms. The monoisotopic (exact) mass is 307 g/mol. The number of hydrogen-bond donors (Lipinski definition) is 2. The first-order chi connectivity index (χ1) is 10.5. The summed E-state index contributed by atoms with van der Waals surface area (Å²) >= 11 is 0. The van der Waals surface area contributed by atoms with Crippen molar-refractivity contribution in [3.63, 3.8) is 0 Å². The maximum absolute atomic E-state index is 13.2. The summed E-state index contributed by atoms with van der Waals surface area (Å²) in [6.45, 7) is 1.67. The van der Waals surface area contributed by atoms with Crippen LogP contribution in [0.25, 0.3) is 0 Å². The highest BCUT2D eigenvalue weighted by atomic mass is 19.1. The number of amides is 1. The maximum atomic E-state index is 13.2. The van der Waals surface area contributed by atoms with Crippen LogP contribution in [0.2, 0.25) is 0 Å². The van der Waals surface area contributed by atoms with Crippen molar-refractivity contribution in [2.45, 2.75) is 44.4 Å². The van der Waals surface area contributed by atoms with E-state index in [0.29, 0.717) is 12.8 Å². The number of carboxylic acids is 1. The van der Waals surface area contributed by atoms with Crippen molar-refractivity contribution in [2.24, 2.45) is 5.92 Å². The van der Waals surface area contributed by atoms with Gasteiger partial charge in [-0.1, -0.05) is 38.3 Å². The molecule has 0 saturated heterocycles. The van der Waals surface area contributed by atoms with E-state index in [-0.39, 0.29) is 18.3 Å². The first kappa shape index (κ1) is 16.5. The molecule has 22 heavy (non-hydrogen) atoms. The Hall–Kier alpha value is -1.91. The summed E-state index contributed by atoms with van der Waals surface area (Å²) in [6.07, 6.45) is 4.40. The minimum Gasteiger partial charge on any atom is -0.481 e. The second-order valence-corrected chi connectivity index (χ2v) is 6.10. The van der Waals surface area contributed by atoms with Crippen LogP contribution < -0.4 is 5.32 Å². The van der Waals surface area contributed by atoms with Crippen LogP contribution in [0.4, 0.5) is 4.39 Å². The van der Waals surface area contributed by atoms with E-state index in [4.69, 9.17) is 5.11 Å². The Labute approximate surface area is 129 Å². The highest BCUT2D eigenvalue weighted by Gasteiger charge is 2.41. The fourth-order valence-corrected chi connectivity index (χ4v) is 3.07. The summed E-state index contributed by atoms with van der Waals surface area (Å²) in [7, 11) is 0. The molecule has 1 aliphatic rings. The molecule has 0 aromatic heterocycles. The zero-order chi connectivity index (χ0) is 16.2. The number of nitrogens with one attached hydrogen (secondary N) is 1. The minimum absolute atomic E-state index is 0.108. The second-order valence-electron chi connectivity index (χ2n) is 6.10. The fraction of sp³-hybridized carbons (Fsp3) is 0.529. The predicted molar refractivity (Wildman–Crippen MR) is 81.0 cm³/mol. The fourth-order valence-electron chi connectivity index (χ4n) is 3.07. The summed E-state index contributed by atoms with van der Waals surface area (Å²) in [6, 6.07) is 6.08. The Morgan fingerprint density at radius 2 is 1.82 bits per heavy atom. The predicted octanol–water partition coefficient (Wildman–Crippen LogP) is 2.86. The molecule has 0 heterocycles. The van der Waals surface area contributed by atoms with E-state index in [1.807, 2.05) is 0 Å². The Bertz CT molecular complexity index is 535. The standard InChI is InChI=1S/C17H22FNO3/c1-12(15(20)21)11-19-16(22)17(9-3-2-4-10-17)13-5-7-14(18)8-6-13/h5-8,12H,2-4,9-11H2,1H3,(H,19,22)(H,20,21). The average molecular weight is 307 g/mol. The largest absolute Gasteiger partial charge is 0.481 e. The molecule has 1 amide bonds. The molecule has 1 unspecified atom stereocenters. The molecule has 0 radical (unpaired) electrons. The molecule has 0 bridgehead atoms. The number of halogens is 1. The Morgan fingerprint density at radius 3 is 2.36 bits per heavy atom. The molecule has 1 atom stereocenters. The lowest BCUT2D eigenvalue weighted by atomic mass is 9.68. The van der Waals surface area contributed by atoms with Crippen molar-refractivity contribution < 1.29 is 19.1 Å². The molecular formula is C17H22FNO3. The van der Waals surface area contributed by atoms with Gasteiger partial charge < -0.3 is 10.4 Å². The summed E-state index contributed by atoms with van der Waals surface area (Å²) in [4.78, 5) is 23.6. The van der Waals surface area contributed by atoms with E-state index in [0.717, 1.165) is 24.8 Å². The Kier molecular flexibility index (Phi) is 5.16. The van der Waals surface area contributed by atoms with Crippen molar-refractivity contribution in [2.75, 3.05) is 6.54 Å². The quantitative estimate of drug-likeness (QED) is 0.879. The van der Waals surface area contributed by atoms with Crippen molar-refractivity contribution >= 4 is 11.9 Å². The smallest absolute Gasteiger partial charge is 0.308 e. The number of rotatable bonds is 5. The van der Waals surface area contributed by atoms with Gasteiger partial charge in [0.25, 0.3) is 0 Å². The van der Waals surface area contributed by atoms with Gasteiger partial charge in [0.15, 0.2) is 0 Å². The highest BCUT2D eigenvalue weighted by molar-refractivity contribution is 5.88. The lowest BCUT2D eigenvalue weighted by Crippen LogP contribution is -2.47. The molecule has 1 aromatic rings. The zero-order valence-corrected chi connectivity index (χ0v) is 12.8. The number of aliphatic carboxylic acids is 1. The van der Waals surface area contributed by atoms with Crippen molar-refractivity contribution in [1.82, 2.24) is 5.32 Å². The summed E-state index contributed by atoms with van der Waals surface area (Å²) in [5.41, 5.74) is 0.151. The molecular weight excluding hydrogens is 285 g/mol. The van der Waals surface area contributed by atoms with Gasteiger partial charge in [-0.2, -0.15) is 0 Å². The molecule has 1 aliphatic carbocycles. The van der Waals surface area contributed by atoms with Gasteiger partial charge in [-0.3, -0.25) is 9.59 Å². The third-order valence-electron chi connectivity index (χ3n) is 4.53. The number of carboxylic acid groups (broad SMARTS) is 1. The van der Waals surface area contributed by atoms with Crippen molar-refractivity contribution in [1.29, 1.82) is 0 Å². The lowest BCUT2D eigenvalue weighted by Gasteiger charge is -2.36. The van der Waals surface area contributed by atoms with E-state index < -0.39 is 17.3 Å². The molecule has 1 saturated carbocycles. The van der Waals surface area contributed by atoms with E-state index in [1.165, 1.54) is 12.1 Å². The Balaban J connectivity index is 2.19. The average Bonchev–Trinajstić information content (AvgIpc) is 2.53. The van der Waals surface area contributed by atoms with Crippen LogP contribution in [-0.4, -0.2) is 23.5 Å². The molecule has 5 heteroatoms. The van der Waals surface area contributed by atoms with Gasteiger partial charge in [-0.15, -0.1) is 0 Å². The van der Waals surface area contributed by atoms with Crippen LogP contribution >= 0.6 is 0 Å². The van der Waals surface area contributed by atoms with Crippen LogP contribution in [-0.2, 0) is 15.0 Å². The van der Waals surface area contributed by atoms with Gasteiger partial charge in [0.05, 0.1) is 11.3 Å². The Morgan fingerprint density at radius 1 is 1.23 bits per heavy atom. The van der Waals surface area contributed by atoms with Crippen molar-refractivity contribution in [3.05, 3.63) is 35.6 Å². The molecule has 2 N–H and O–H groups in total. The summed E-state index contributed by atoms with van der Waals surface area (Å²) < 4.78 is 13.2. The van der Waals surface area contributed by atoms with Gasteiger partial charge in [0, 0.05) is 6.54 Å². The van der Waals surface area contributed by atoms with E-state index in [1.54, 1.807) is 19.1 Å². The molecule has 4 nitrogen and oxygen atoms in total. The van der Waals surface area contributed by atoms with Gasteiger partial charge in [0.2, 0.25) is 5.91 Å². The third-order valence-corrected chi connectivity index (χ3v) is 4.53. The molecule has 0 aliphatic heterocycles. The van der Waals surface area contributed by atoms with Crippen LogP contribution in [0.5, 0.6) is 0 Å². The van der Waals surface area contributed by atoms with E-state index >= 15 is 0 Å². The van der Waals surface area contributed by atoms with Crippen LogP contribution in [0.3, 0.4) is 0 Å².